The molecule has 9 rings (SSSR count). The van der Waals surface area contributed by atoms with Crippen molar-refractivity contribution >= 4 is 92.2 Å². The van der Waals surface area contributed by atoms with Crippen molar-refractivity contribution in [1.29, 1.82) is 0 Å². The van der Waals surface area contributed by atoms with Crippen molar-refractivity contribution in [3.05, 3.63) is 164 Å². The summed E-state index contributed by atoms with van der Waals surface area (Å²) >= 11 is 3.47. The summed E-state index contributed by atoms with van der Waals surface area (Å²) in [5, 5.41) is 8.30. The quantitative estimate of drug-likeness (QED) is 0.0897. The van der Waals surface area contributed by atoms with Crippen molar-refractivity contribution in [3.8, 4) is 33.8 Å². The van der Waals surface area contributed by atoms with Gasteiger partial charge in [-0.25, -0.2) is 36.8 Å². The zero-order valence-corrected chi connectivity index (χ0v) is 37.1. The predicted molar refractivity (Wildman–Crippen MR) is 254 cm³/mol. The van der Waals surface area contributed by atoms with Crippen LogP contribution in [0.4, 0.5) is 34.4 Å². The first-order chi connectivity index (χ1) is 30.8. The molecule has 0 atom stereocenters. The van der Waals surface area contributed by atoms with E-state index in [1.54, 1.807) is 49.1 Å². The molecule has 0 amide bonds. The van der Waals surface area contributed by atoms with E-state index < -0.39 is 20.0 Å². The zero-order chi connectivity index (χ0) is 44.7. The topological polar surface area (TPSA) is 216 Å². The van der Waals surface area contributed by atoms with Gasteiger partial charge in [0.1, 0.15) is 35.8 Å². The fourth-order valence-electron chi connectivity index (χ4n) is 6.40. The van der Waals surface area contributed by atoms with Crippen molar-refractivity contribution in [2.75, 3.05) is 32.6 Å². The largest absolute Gasteiger partial charge is 0.457 e. The molecular weight excluding hydrogens is 919 g/mol. The van der Waals surface area contributed by atoms with Crippen LogP contribution < -0.4 is 24.8 Å². The van der Waals surface area contributed by atoms with E-state index in [0.29, 0.717) is 34.5 Å². The summed E-state index contributed by atoms with van der Waals surface area (Å²) in [7, 11) is -6.78. The highest BCUT2D eigenvalue weighted by atomic mass is 79.9. The van der Waals surface area contributed by atoms with E-state index >= 15 is 0 Å². The summed E-state index contributed by atoms with van der Waals surface area (Å²) < 4.78 is 57.8. The Morgan fingerprint density at radius 3 is 1.52 bits per heavy atom. The van der Waals surface area contributed by atoms with Crippen LogP contribution in [0, 0.1) is 0 Å². The minimum atomic E-state index is -3.40. The molecule has 16 nitrogen and oxygen atoms in total. The predicted octanol–water partition coefficient (Wildman–Crippen LogP) is 9.56. The molecule has 0 unspecified atom stereocenters. The number of pyridine rings is 3. The second-order valence-corrected chi connectivity index (χ2v) is 18.6. The first-order valence-corrected chi connectivity index (χ1v) is 23.7. The molecule has 4 N–H and O–H groups in total. The van der Waals surface area contributed by atoms with Gasteiger partial charge >= 0.3 is 0 Å². The van der Waals surface area contributed by atoms with Crippen LogP contribution in [0.1, 0.15) is 0 Å². The maximum atomic E-state index is 11.6. The standard InChI is InChI=1S/C25H20N6O3S.C20H16BrN5O2S/c1-35(32,33)31-20-12-18(14-27-15-20)17-2-7-24-23(13-17)25(29-16-28-24)30-19-3-5-21(6-4-19)34-22-8-10-26-11-9-22;1-29(27,28)26-17-7-14(10-22-11-17)13-5-6-19-18(8-13)20(24-12-23-19)25-16-4-2-3-15(21)9-16/h2-16,31H,1H3,(H,28,29,30);2-12,26H,1H3,(H,23,24,25). The van der Waals surface area contributed by atoms with Gasteiger partial charge in [-0.1, -0.05) is 34.1 Å². The molecule has 19 heteroatoms. The van der Waals surface area contributed by atoms with E-state index in [1.165, 1.54) is 25.0 Å². The number of nitrogens with zero attached hydrogens (tertiary/aromatic N) is 7. The van der Waals surface area contributed by atoms with Crippen molar-refractivity contribution in [1.82, 2.24) is 34.9 Å². The second kappa shape index (κ2) is 18.8. The number of aromatic nitrogens is 7. The Morgan fingerprint density at radius 1 is 0.484 bits per heavy atom. The third-order valence-corrected chi connectivity index (χ3v) is 10.8. The normalized spacial score (nSPS) is 11.3. The maximum Gasteiger partial charge on any atom is 0.229 e. The van der Waals surface area contributed by atoms with Gasteiger partial charge in [-0.3, -0.25) is 24.4 Å². The SMILES string of the molecule is CS(=O)(=O)Nc1cncc(-c2ccc3ncnc(Nc4ccc(Oc5ccncc5)cc4)c3c2)c1.CS(=O)(=O)Nc1cncc(-c2ccc3ncnc(Nc4cccc(Br)c4)c3c2)c1. The molecular formula is C45H36BrN11O5S2. The number of sulfonamides is 2. The third kappa shape index (κ3) is 11.4. The van der Waals surface area contributed by atoms with Crippen molar-refractivity contribution in [2.24, 2.45) is 0 Å². The molecule has 320 valence electrons. The van der Waals surface area contributed by atoms with E-state index in [0.717, 1.165) is 72.4 Å². The Kier molecular flexibility index (Phi) is 12.6. The Bertz CT molecular complexity index is 3350. The lowest BCUT2D eigenvalue weighted by molar-refractivity contribution is 0.482. The summed E-state index contributed by atoms with van der Waals surface area (Å²) in [6, 6.07) is 33.9. The Morgan fingerprint density at radius 2 is 1.00 bits per heavy atom. The van der Waals surface area contributed by atoms with Gasteiger partial charge in [0, 0.05) is 62.5 Å². The lowest BCUT2D eigenvalue weighted by atomic mass is 10.0. The average molecular weight is 955 g/mol. The zero-order valence-electron chi connectivity index (χ0n) is 33.9. The van der Waals surface area contributed by atoms with Gasteiger partial charge < -0.3 is 15.4 Å². The maximum absolute atomic E-state index is 11.6. The molecule has 0 saturated carbocycles. The molecule has 0 spiro atoms. The van der Waals surface area contributed by atoms with Crippen LogP contribution in [0.2, 0.25) is 0 Å². The van der Waals surface area contributed by atoms with Gasteiger partial charge in [0.25, 0.3) is 0 Å². The van der Waals surface area contributed by atoms with E-state index in [9.17, 15) is 16.8 Å². The van der Waals surface area contributed by atoms with Gasteiger partial charge in [0.2, 0.25) is 20.0 Å². The monoisotopic (exact) mass is 953 g/mol. The molecule has 0 fully saturated rings. The minimum absolute atomic E-state index is 0.391. The molecule has 0 saturated heterocycles. The number of benzene rings is 4. The van der Waals surface area contributed by atoms with Crippen LogP contribution in [-0.2, 0) is 20.0 Å². The first kappa shape index (κ1) is 43.1. The Hall–Kier alpha value is -7.61. The Labute approximate surface area is 376 Å². The highest BCUT2D eigenvalue weighted by Gasteiger charge is 2.12. The van der Waals surface area contributed by atoms with Crippen LogP contribution in [0.5, 0.6) is 11.5 Å². The minimum Gasteiger partial charge on any atom is -0.457 e. The first-order valence-electron chi connectivity index (χ1n) is 19.1. The fraction of sp³-hybridized carbons (Fsp3) is 0.0444. The number of hydrogen-bond donors (Lipinski definition) is 4. The van der Waals surface area contributed by atoms with Crippen LogP contribution in [0.25, 0.3) is 44.1 Å². The van der Waals surface area contributed by atoms with Crippen LogP contribution in [0.15, 0.2) is 164 Å². The van der Waals surface area contributed by atoms with Crippen LogP contribution >= 0.6 is 15.9 Å². The summed E-state index contributed by atoms with van der Waals surface area (Å²) in [4.78, 5) is 29.8. The molecule has 0 aliphatic carbocycles. The summed E-state index contributed by atoms with van der Waals surface area (Å²) in [6.45, 7) is 0. The number of rotatable bonds is 12. The van der Waals surface area contributed by atoms with Gasteiger partial charge in [0.15, 0.2) is 0 Å². The Balaban J connectivity index is 0.000000178. The number of ether oxygens (including phenoxy) is 1. The van der Waals surface area contributed by atoms with Gasteiger partial charge in [-0.05, 0) is 102 Å². The van der Waals surface area contributed by atoms with E-state index in [4.69, 9.17) is 4.74 Å². The molecule has 5 heterocycles. The van der Waals surface area contributed by atoms with E-state index in [2.05, 4.69) is 70.9 Å². The lowest BCUT2D eigenvalue weighted by Crippen LogP contribution is -2.09. The van der Waals surface area contributed by atoms with Gasteiger partial charge in [-0.2, -0.15) is 0 Å². The number of anilines is 6. The number of nitrogens with one attached hydrogen (secondary N) is 4. The number of hydrogen-bond acceptors (Lipinski definition) is 14. The van der Waals surface area contributed by atoms with E-state index in [-0.39, 0.29) is 0 Å². The number of halogens is 1. The molecule has 0 bridgehead atoms. The molecule has 64 heavy (non-hydrogen) atoms. The van der Waals surface area contributed by atoms with Crippen LogP contribution in [0.3, 0.4) is 0 Å². The molecule has 0 aliphatic rings. The average Bonchev–Trinajstić information content (AvgIpc) is 3.27. The summed E-state index contributed by atoms with van der Waals surface area (Å²) in [5.41, 5.74) is 7.33. The van der Waals surface area contributed by atoms with Crippen molar-refractivity contribution in [2.45, 2.75) is 0 Å². The third-order valence-electron chi connectivity index (χ3n) is 9.11. The smallest absolute Gasteiger partial charge is 0.229 e. The highest BCUT2D eigenvalue weighted by molar-refractivity contribution is 9.10. The molecule has 9 aromatic rings. The highest BCUT2D eigenvalue weighted by Crippen LogP contribution is 2.32. The van der Waals surface area contributed by atoms with Crippen LogP contribution in [-0.4, -0.2) is 64.2 Å². The molecule has 5 aromatic heterocycles. The van der Waals surface area contributed by atoms with Gasteiger partial charge in [-0.15, -0.1) is 0 Å². The summed E-state index contributed by atoms with van der Waals surface area (Å²) in [5.74, 6) is 2.72. The van der Waals surface area contributed by atoms with Crippen molar-refractivity contribution < 1.29 is 21.6 Å². The van der Waals surface area contributed by atoms with E-state index in [1.807, 2.05) is 84.9 Å². The van der Waals surface area contributed by atoms with Gasteiger partial charge in [0.05, 0.1) is 47.3 Å². The lowest BCUT2D eigenvalue weighted by Gasteiger charge is -2.11. The fourth-order valence-corrected chi connectivity index (χ4v) is 7.87. The summed E-state index contributed by atoms with van der Waals surface area (Å²) in [6.07, 6.45) is 14.9. The molecule has 0 aliphatic heterocycles. The molecule has 4 aromatic carbocycles. The number of fused-ring (bicyclic) bond motifs is 2. The molecule has 0 radical (unpaired) electrons. The second-order valence-electron chi connectivity index (χ2n) is 14.2. The van der Waals surface area contributed by atoms with Crippen molar-refractivity contribution in [3.63, 3.8) is 0 Å².